The summed E-state index contributed by atoms with van der Waals surface area (Å²) < 4.78 is 0. The number of carboxylic acid groups (broad SMARTS) is 1. The molecule has 1 aromatic heterocycles. The van der Waals surface area contributed by atoms with Gasteiger partial charge in [0.25, 0.3) is 11.5 Å². The third-order valence-electron chi connectivity index (χ3n) is 2.05. The van der Waals surface area contributed by atoms with Gasteiger partial charge < -0.3 is 15.4 Å². The lowest BCUT2D eigenvalue weighted by Gasteiger charge is -2.23. The van der Waals surface area contributed by atoms with E-state index >= 15 is 0 Å². The van der Waals surface area contributed by atoms with Crippen LogP contribution in [0.4, 0.5) is 0 Å². The van der Waals surface area contributed by atoms with Crippen LogP contribution < -0.4 is 16.6 Å². The highest BCUT2D eigenvalue weighted by molar-refractivity contribution is 5.92. The van der Waals surface area contributed by atoms with Crippen molar-refractivity contribution in [3.05, 3.63) is 32.6 Å². The summed E-state index contributed by atoms with van der Waals surface area (Å²) in [5.74, 6) is -1.79. The molecule has 0 atom stereocenters. The molecule has 0 aliphatic rings. The van der Waals surface area contributed by atoms with Gasteiger partial charge in [-0.2, -0.15) is 0 Å². The molecule has 0 aliphatic carbocycles. The van der Waals surface area contributed by atoms with Gasteiger partial charge in [0, 0.05) is 11.6 Å². The SMILES string of the molecule is CC(C)(CC(=O)O)NC(=O)c1cc(=O)[nH]c(=O)[nH]1. The summed E-state index contributed by atoms with van der Waals surface area (Å²) in [6, 6.07) is 0.924. The number of carbonyl (C=O) groups is 2. The van der Waals surface area contributed by atoms with Crippen LogP contribution in [0.2, 0.25) is 0 Å². The van der Waals surface area contributed by atoms with Gasteiger partial charge in [-0.05, 0) is 13.8 Å². The molecule has 1 amide bonds. The predicted molar refractivity (Wildman–Crippen MR) is 61.5 cm³/mol. The maximum Gasteiger partial charge on any atom is 0.326 e. The van der Waals surface area contributed by atoms with Crippen molar-refractivity contribution in [1.29, 1.82) is 0 Å². The fraction of sp³-hybridized carbons (Fsp3) is 0.400. The summed E-state index contributed by atoms with van der Waals surface area (Å²) in [5.41, 5.74) is -2.73. The number of nitrogens with one attached hydrogen (secondary N) is 3. The molecule has 0 saturated carbocycles. The van der Waals surface area contributed by atoms with E-state index in [4.69, 9.17) is 5.11 Å². The van der Waals surface area contributed by atoms with E-state index in [2.05, 4.69) is 10.3 Å². The van der Waals surface area contributed by atoms with E-state index in [9.17, 15) is 19.2 Å². The van der Waals surface area contributed by atoms with Gasteiger partial charge in [-0.1, -0.05) is 0 Å². The molecule has 0 aromatic carbocycles. The van der Waals surface area contributed by atoms with Crippen molar-refractivity contribution in [2.75, 3.05) is 0 Å². The second kappa shape index (κ2) is 4.86. The standard InChI is InChI=1S/C10H13N3O5/c1-10(2,4-7(15)16)13-8(17)5-3-6(14)12-9(18)11-5/h3H,4H2,1-2H3,(H,13,17)(H,15,16)(H2,11,12,14,18). The molecule has 1 rings (SSSR count). The number of hydrogen-bond acceptors (Lipinski definition) is 4. The molecule has 8 heteroatoms. The summed E-state index contributed by atoms with van der Waals surface area (Å²) in [7, 11) is 0. The molecule has 0 fully saturated rings. The van der Waals surface area contributed by atoms with Crippen molar-refractivity contribution >= 4 is 11.9 Å². The Bertz CT molecular complexity index is 555. The first-order valence-corrected chi connectivity index (χ1v) is 5.07. The van der Waals surface area contributed by atoms with Gasteiger partial charge in [0.1, 0.15) is 5.69 Å². The number of H-pyrrole nitrogens is 2. The van der Waals surface area contributed by atoms with Gasteiger partial charge in [0.15, 0.2) is 0 Å². The maximum absolute atomic E-state index is 11.7. The Hall–Kier alpha value is -2.38. The summed E-state index contributed by atoms with van der Waals surface area (Å²) in [6.45, 7) is 3.04. The summed E-state index contributed by atoms with van der Waals surface area (Å²) >= 11 is 0. The van der Waals surface area contributed by atoms with Crippen LogP contribution >= 0.6 is 0 Å². The van der Waals surface area contributed by atoms with Crippen molar-refractivity contribution in [1.82, 2.24) is 15.3 Å². The molecule has 98 valence electrons. The Labute approximate surface area is 101 Å². The highest BCUT2D eigenvalue weighted by atomic mass is 16.4. The Kier molecular flexibility index (Phi) is 3.70. The van der Waals surface area contributed by atoms with Crippen LogP contribution in [0.1, 0.15) is 30.8 Å². The highest BCUT2D eigenvalue weighted by Gasteiger charge is 2.24. The number of aromatic amines is 2. The van der Waals surface area contributed by atoms with Crippen LogP contribution in [0.5, 0.6) is 0 Å². The third-order valence-corrected chi connectivity index (χ3v) is 2.05. The smallest absolute Gasteiger partial charge is 0.326 e. The number of carboxylic acids is 1. The van der Waals surface area contributed by atoms with Crippen LogP contribution in [0.25, 0.3) is 0 Å². The van der Waals surface area contributed by atoms with Gasteiger partial charge in [0.2, 0.25) is 0 Å². The largest absolute Gasteiger partial charge is 0.481 e. The monoisotopic (exact) mass is 255 g/mol. The molecule has 18 heavy (non-hydrogen) atoms. The topological polar surface area (TPSA) is 132 Å². The van der Waals surface area contributed by atoms with Crippen LogP contribution in [-0.2, 0) is 4.79 Å². The summed E-state index contributed by atoms with van der Waals surface area (Å²) in [5, 5.41) is 11.1. The van der Waals surface area contributed by atoms with E-state index in [-0.39, 0.29) is 12.1 Å². The van der Waals surface area contributed by atoms with E-state index in [1.165, 1.54) is 13.8 Å². The minimum atomic E-state index is -1.07. The maximum atomic E-state index is 11.7. The van der Waals surface area contributed by atoms with Gasteiger partial charge in [-0.3, -0.25) is 19.4 Å². The van der Waals surface area contributed by atoms with E-state index in [1.807, 2.05) is 4.98 Å². The first-order chi connectivity index (χ1) is 8.19. The lowest BCUT2D eigenvalue weighted by Crippen LogP contribution is -2.46. The van der Waals surface area contributed by atoms with Gasteiger partial charge in [-0.25, -0.2) is 4.79 Å². The number of hydrogen-bond donors (Lipinski definition) is 4. The van der Waals surface area contributed by atoms with E-state index in [0.29, 0.717) is 0 Å². The van der Waals surface area contributed by atoms with Crippen molar-refractivity contribution < 1.29 is 14.7 Å². The molecule has 4 N–H and O–H groups in total. The normalized spacial score (nSPS) is 11.0. The van der Waals surface area contributed by atoms with Crippen molar-refractivity contribution in [2.24, 2.45) is 0 Å². The molecule has 8 nitrogen and oxygen atoms in total. The predicted octanol–water partition coefficient (Wildman–Crippen LogP) is -0.954. The van der Waals surface area contributed by atoms with Crippen LogP contribution in [0, 0.1) is 0 Å². The number of carbonyl (C=O) groups excluding carboxylic acids is 1. The van der Waals surface area contributed by atoms with Crippen molar-refractivity contribution in [3.8, 4) is 0 Å². The number of aromatic nitrogens is 2. The first kappa shape index (κ1) is 13.7. The summed E-state index contributed by atoms with van der Waals surface area (Å²) in [4.78, 5) is 48.4. The zero-order chi connectivity index (χ0) is 13.9. The molecule has 1 aromatic rings. The van der Waals surface area contributed by atoms with Crippen LogP contribution in [0.3, 0.4) is 0 Å². The molecule has 0 radical (unpaired) electrons. The fourth-order valence-corrected chi connectivity index (χ4v) is 1.39. The molecular formula is C10H13N3O5. The number of amides is 1. The van der Waals surface area contributed by atoms with Gasteiger partial charge in [0.05, 0.1) is 6.42 Å². The first-order valence-electron chi connectivity index (χ1n) is 5.07. The van der Waals surface area contributed by atoms with Crippen LogP contribution in [-0.4, -0.2) is 32.5 Å². The molecule has 0 bridgehead atoms. The van der Waals surface area contributed by atoms with E-state index in [0.717, 1.165) is 6.07 Å². The fourth-order valence-electron chi connectivity index (χ4n) is 1.39. The van der Waals surface area contributed by atoms with E-state index < -0.39 is 28.7 Å². The lowest BCUT2D eigenvalue weighted by atomic mass is 10.0. The molecule has 0 aliphatic heterocycles. The molecule has 1 heterocycles. The molecule has 0 saturated heterocycles. The van der Waals surface area contributed by atoms with Crippen LogP contribution in [0.15, 0.2) is 15.7 Å². The average molecular weight is 255 g/mol. The second-order valence-electron chi connectivity index (χ2n) is 4.41. The van der Waals surface area contributed by atoms with Gasteiger partial charge in [-0.15, -0.1) is 0 Å². The summed E-state index contributed by atoms with van der Waals surface area (Å²) in [6.07, 6.45) is -0.286. The average Bonchev–Trinajstić information content (AvgIpc) is 2.12. The Balaban J connectivity index is 2.92. The molecular weight excluding hydrogens is 242 g/mol. The zero-order valence-corrected chi connectivity index (χ0v) is 9.86. The highest BCUT2D eigenvalue weighted by Crippen LogP contribution is 2.08. The minimum absolute atomic E-state index is 0.220. The number of rotatable bonds is 4. The molecule has 0 spiro atoms. The second-order valence-corrected chi connectivity index (χ2v) is 4.41. The van der Waals surface area contributed by atoms with Gasteiger partial charge >= 0.3 is 11.7 Å². The molecule has 0 unspecified atom stereocenters. The Morgan fingerprint density at radius 3 is 2.44 bits per heavy atom. The third kappa shape index (κ3) is 3.89. The Morgan fingerprint density at radius 2 is 1.94 bits per heavy atom. The minimum Gasteiger partial charge on any atom is -0.481 e. The Morgan fingerprint density at radius 1 is 1.33 bits per heavy atom. The van der Waals surface area contributed by atoms with E-state index in [1.54, 1.807) is 0 Å². The quantitative estimate of drug-likeness (QED) is 0.550. The number of aliphatic carboxylic acids is 1. The zero-order valence-electron chi connectivity index (χ0n) is 9.86. The van der Waals surface area contributed by atoms with Crippen molar-refractivity contribution in [3.63, 3.8) is 0 Å². The van der Waals surface area contributed by atoms with Crippen molar-refractivity contribution in [2.45, 2.75) is 25.8 Å². The lowest BCUT2D eigenvalue weighted by molar-refractivity contribution is -0.138.